The summed E-state index contributed by atoms with van der Waals surface area (Å²) in [6.45, 7) is 8.18. The summed E-state index contributed by atoms with van der Waals surface area (Å²) in [6, 6.07) is 8.41. The van der Waals surface area contributed by atoms with E-state index < -0.39 is 0 Å². The zero-order valence-corrected chi connectivity index (χ0v) is 14.7. The molecule has 1 atom stereocenters. The van der Waals surface area contributed by atoms with Crippen molar-refractivity contribution in [1.82, 2.24) is 15.0 Å². The van der Waals surface area contributed by atoms with Crippen molar-refractivity contribution in [2.75, 3.05) is 38.2 Å². The van der Waals surface area contributed by atoms with E-state index in [9.17, 15) is 0 Å². The standard InChI is InChI=1S/C18H26N4O2/c1-4-6-17-19-18(24-20-17)14(2)21-9-11-22(12-10-21)15-7-5-8-16(13-15)23-3/h5,7-8,13-14H,4,6,9-12H2,1-3H3/t14-/m1/s1. The number of aryl methyl sites for hydroxylation is 1. The van der Waals surface area contributed by atoms with Crippen LogP contribution in [0.3, 0.4) is 0 Å². The first-order chi connectivity index (χ1) is 11.7. The Labute approximate surface area is 143 Å². The highest BCUT2D eigenvalue weighted by Crippen LogP contribution is 2.25. The van der Waals surface area contributed by atoms with E-state index in [1.54, 1.807) is 7.11 Å². The topological polar surface area (TPSA) is 54.6 Å². The van der Waals surface area contributed by atoms with Crippen LogP contribution in [0.5, 0.6) is 5.75 Å². The Morgan fingerprint density at radius 2 is 2.04 bits per heavy atom. The molecule has 0 spiro atoms. The normalized spacial score (nSPS) is 17.0. The summed E-state index contributed by atoms with van der Waals surface area (Å²) < 4.78 is 10.8. The molecule has 1 aromatic heterocycles. The van der Waals surface area contributed by atoms with Crippen LogP contribution in [0.25, 0.3) is 0 Å². The molecule has 130 valence electrons. The van der Waals surface area contributed by atoms with Crippen LogP contribution in [0.4, 0.5) is 5.69 Å². The first kappa shape index (κ1) is 16.8. The minimum atomic E-state index is 0.163. The Kier molecular flexibility index (Phi) is 5.35. The fourth-order valence-electron chi connectivity index (χ4n) is 3.09. The van der Waals surface area contributed by atoms with E-state index in [4.69, 9.17) is 9.26 Å². The van der Waals surface area contributed by atoms with Gasteiger partial charge in [0.25, 0.3) is 0 Å². The van der Waals surface area contributed by atoms with Gasteiger partial charge in [-0.15, -0.1) is 0 Å². The van der Waals surface area contributed by atoms with E-state index in [-0.39, 0.29) is 6.04 Å². The molecule has 1 fully saturated rings. The molecule has 0 unspecified atom stereocenters. The summed E-state index contributed by atoms with van der Waals surface area (Å²) >= 11 is 0. The van der Waals surface area contributed by atoms with Crippen LogP contribution in [0, 0.1) is 0 Å². The van der Waals surface area contributed by atoms with E-state index in [1.807, 2.05) is 12.1 Å². The number of ether oxygens (including phenoxy) is 1. The molecule has 0 saturated carbocycles. The Morgan fingerprint density at radius 3 is 2.75 bits per heavy atom. The summed E-state index contributed by atoms with van der Waals surface area (Å²) in [4.78, 5) is 9.32. The molecule has 1 aliphatic heterocycles. The van der Waals surface area contributed by atoms with Crippen molar-refractivity contribution in [2.24, 2.45) is 0 Å². The maximum atomic E-state index is 5.44. The molecule has 1 aromatic carbocycles. The molecule has 1 aliphatic rings. The smallest absolute Gasteiger partial charge is 0.243 e. The van der Waals surface area contributed by atoms with Crippen LogP contribution in [0.2, 0.25) is 0 Å². The van der Waals surface area contributed by atoms with Gasteiger partial charge in [0, 0.05) is 44.4 Å². The molecule has 24 heavy (non-hydrogen) atoms. The van der Waals surface area contributed by atoms with Gasteiger partial charge in [-0.05, 0) is 25.5 Å². The monoisotopic (exact) mass is 330 g/mol. The van der Waals surface area contributed by atoms with Crippen LogP contribution >= 0.6 is 0 Å². The van der Waals surface area contributed by atoms with Crippen LogP contribution in [-0.2, 0) is 6.42 Å². The van der Waals surface area contributed by atoms with Gasteiger partial charge in [-0.2, -0.15) is 4.98 Å². The Balaban J connectivity index is 1.59. The second kappa shape index (κ2) is 7.66. The number of piperazine rings is 1. The minimum absolute atomic E-state index is 0.163. The minimum Gasteiger partial charge on any atom is -0.497 e. The van der Waals surface area contributed by atoms with E-state index in [2.05, 4.69) is 45.9 Å². The lowest BCUT2D eigenvalue weighted by Crippen LogP contribution is -2.47. The molecule has 1 saturated heterocycles. The number of benzene rings is 1. The first-order valence-electron chi connectivity index (χ1n) is 8.66. The average Bonchev–Trinajstić information content (AvgIpc) is 3.10. The lowest BCUT2D eigenvalue weighted by Gasteiger charge is -2.38. The Bertz CT molecular complexity index is 650. The van der Waals surface area contributed by atoms with Crippen molar-refractivity contribution >= 4 is 5.69 Å². The third-order valence-electron chi connectivity index (χ3n) is 4.60. The molecule has 6 heteroatoms. The van der Waals surface area contributed by atoms with Gasteiger partial charge < -0.3 is 14.2 Å². The number of nitrogens with zero attached hydrogens (tertiary/aromatic N) is 4. The lowest BCUT2D eigenvalue weighted by molar-refractivity contribution is 0.164. The Hall–Kier alpha value is -2.08. The molecule has 3 rings (SSSR count). The van der Waals surface area contributed by atoms with Gasteiger partial charge in [0.1, 0.15) is 5.75 Å². The van der Waals surface area contributed by atoms with Crippen molar-refractivity contribution in [3.8, 4) is 5.75 Å². The molecule has 0 aliphatic carbocycles. The van der Waals surface area contributed by atoms with Crippen molar-refractivity contribution < 1.29 is 9.26 Å². The molecule has 2 heterocycles. The van der Waals surface area contributed by atoms with Gasteiger partial charge in [-0.3, -0.25) is 4.90 Å². The van der Waals surface area contributed by atoms with Gasteiger partial charge in [0.05, 0.1) is 13.2 Å². The van der Waals surface area contributed by atoms with Gasteiger partial charge in [-0.25, -0.2) is 0 Å². The number of aromatic nitrogens is 2. The van der Waals surface area contributed by atoms with E-state index in [0.29, 0.717) is 0 Å². The van der Waals surface area contributed by atoms with Gasteiger partial charge >= 0.3 is 0 Å². The number of hydrogen-bond acceptors (Lipinski definition) is 6. The summed E-state index contributed by atoms with van der Waals surface area (Å²) in [6.07, 6.45) is 1.91. The van der Waals surface area contributed by atoms with E-state index in [0.717, 1.165) is 56.5 Å². The van der Waals surface area contributed by atoms with Gasteiger partial charge in [0.2, 0.25) is 5.89 Å². The molecule has 0 radical (unpaired) electrons. The Morgan fingerprint density at radius 1 is 1.25 bits per heavy atom. The fraction of sp³-hybridized carbons (Fsp3) is 0.556. The van der Waals surface area contributed by atoms with Crippen molar-refractivity contribution in [1.29, 1.82) is 0 Å². The predicted octanol–water partition coefficient (Wildman–Crippen LogP) is 2.91. The van der Waals surface area contributed by atoms with Crippen molar-refractivity contribution in [3.63, 3.8) is 0 Å². The van der Waals surface area contributed by atoms with Crippen LogP contribution < -0.4 is 9.64 Å². The molecular formula is C18H26N4O2. The van der Waals surface area contributed by atoms with E-state index >= 15 is 0 Å². The number of methoxy groups -OCH3 is 1. The highest BCUT2D eigenvalue weighted by molar-refractivity contribution is 5.51. The van der Waals surface area contributed by atoms with Crippen molar-refractivity contribution in [2.45, 2.75) is 32.7 Å². The van der Waals surface area contributed by atoms with E-state index in [1.165, 1.54) is 5.69 Å². The molecule has 2 aromatic rings. The van der Waals surface area contributed by atoms with Gasteiger partial charge in [-0.1, -0.05) is 18.1 Å². The highest BCUT2D eigenvalue weighted by atomic mass is 16.5. The maximum absolute atomic E-state index is 5.44. The second-order valence-corrected chi connectivity index (χ2v) is 6.20. The molecule has 0 bridgehead atoms. The maximum Gasteiger partial charge on any atom is 0.243 e. The number of anilines is 1. The zero-order chi connectivity index (χ0) is 16.9. The highest BCUT2D eigenvalue weighted by Gasteiger charge is 2.25. The largest absolute Gasteiger partial charge is 0.497 e. The number of rotatable bonds is 6. The predicted molar refractivity (Wildman–Crippen MR) is 93.5 cm³/mol. The first-order valence-corrected chi connectivity index (χ1v) is 8.66. The fourth-order valence-corrected chi connectivity index (χ4v) is 3.09. The summed E-state index contributed by atoms with van der Waals surface area (Å²) in [5.41, 5.74) is 1.21. The summed E-state index contributed by atoms with van der Waals surface area (Å²) in [7, 11) is 1.70. The average molecular weight is 330 g/mol. The zero-order valence-electron chi connectivity index (χ0n) is 14.7. The van der Waals surface area contributed by atoms with Crippen LogP contribution in [-0.4, -0.2) is 48.3 Å². The third-order valence-corrected chi connectivity index (χ3v) is 4.60. The SMILES string of the molecule is CCCc1noc([C@@H](C)N2CCN(c3cccc(OC)c3)CC2)n1. The van der Waals surface area contributed by atoms with Crippen molar-refractivity contribution in [3.05, 3.63) is 36.0 Å². The molecule has 0 N–H and O–H groups in total. The molecule has 6 nitrogen and oxygen atoms in total. The van der Waals surface area contributed by atoms with Gasteiger partial charge in [0.15, 0.2) is 5.82 Å². The summed E-state index contributed by atoms with van der Waals surface area (Å²) in [5, 5.41) is 4.07. The van der Waals surface area contributed by atoms with Crippen LogP contribution in [0.15, 0.2) is 28.8 Å². The molecular weight excluding hydrogens is 304 g/mol. The second-order valence-electron chi connectivity index (χ2n) is 6.20. The summed E-state index contributed by atoms with van der Waals surface area (Å²) in [5.74, 6) is 2.44. The lowest BCUT2D eigenvalue weighted by atomic mass is 10.2. The molecule has 0 amide bonds. The third kappa shape index (κ3) is 3.70. The number of hydrogen-bond donors (Lipinski definition) is 0. The van der Waals surface area contributed by atoms with Crippen LogP contribution in [0.1, 0.15) is 38.0 Å². The quantitative estimate of drug-likeness (QED) is 0.812.